The predicted octanol–water partition coefficient (Wildman–Crippen LogP) is 5.18. The van der Waals surface area contributed by atoms with Crippen molar-refractivity contribution < 1.29 is 9.53 Å². The van der Waals surface area contributed by atoms with Gasteiger partial charge in [0.15, 0.2) is 0 Å². The highest BCUT2D eigenvalue weighted by molar-refractivity contribution is 5.75. The Labute approximate surface area is 189 Å². The van der Waals surface area contributed by atoms with Crippen molar-refractivity contribution in [1.82, 2.24) is 15.1 Å². The molecular formula is C26H43N3O2. The van der Waals surface area contributed by atoms with Crippen molar-refractivity contribution in [2.75, 3.05) is 45.9 Å². The molecule has 0 atom stereocenters. The third-order valence-electron chi connectivity index (χ3n) is 5.44. The van der Waals surface area contributed by atoms with Gasteiger partial charge in [0.2, 0.25) is 0 Å². The molecule has 0 spiro atoms. The van der Waals surface area contributed by atoms with E-state index in [1.165, 1.54) is 24.0 Å². The molecule has 2 amide bonds. The largest absolute Gasteiger partial charge is 0.379 e. The number of carbonyl (C=O) groups is 1. The normalized spacial score (nSPS) is 15.7. The summed E-state index contributed by atoms with van der Waals surface area (Å²) in [6.45, 7) is 14.4. The predicted molar refractivity (Wildman–Crippen MR) is 130 cm³/mol. The van der Waals surface area contributed by atoms with Gasteiger partial charge in [0.25, 0.3) is 0 Å². The molecule has 1 heterocycles. The lowest BCUT2D eigenvalue weighted by Crippen LogP contribution is -2.49. The Bertz CT molecular complexity index is 661. The Hall–Kier alpha value is -1.85. The fourth-order valence-electron chi connectivity index (χ4n) is 3.79. The monoisotopic (exact) mass is 429 g/mol. The van der Waals surface area contributed by atoms with Crippen molar-refractivity contribution >= 4 is 12.1 Å². The summed E-state index contributed by atoms with van der Waals surface area (Å²) >= 11 is 0. The number of urea groups is 1. The van der Waals surface area contributed by atoms with Crippen LogP contribution in [0.2, 0.25) is 0 Å². The highest BCUT2D eigenvalue weighted by Gasteiger charge is 2.21. The zero-order valence-corrected chi connectivity index (χ0v) is 20.2. The van der Waals surface area contributed by atoms with Crippen molar-refractivity contribution in [3.05, 3.63) is 41.5 Å². The Morgan fingerprint density at radius 2 is 1.84 bits per heavy atom. The lowest BCUT2D eigenvalue weighted by molar-refractivity contribution is 0.0365. The number of nitrogens with one attached hydrogen (secondary N) is 1. The van der Waals surface area contributed by atoms with Crippen LogP contribution in [0.4, 0.5) is 4.79 Å². The molecule has 1 N–H and O–H groups in total. The van der Waals surface area contributed by atoms with Crippen LogP contribution in [-0.4, -0.2) is 67.3 Å². The van der Waals surface area contributed by atoms with E-state index in [4.69, 9.17) is 4.74 Å². The van der Waals surface area contributed by atoms with Gasteiger partial charge in [-0.2, -0.15) is 0 Å². The third kappa shape index (κ3) is 10.8. The average molecular weight is 430 g/mol. The molecule has 174 valence electrons. The van der Waals surface area contributed by atoms with E-state index in [0.29, 0.717) is 6.54 Å². The molecule has 0 unspecified atom stereocenters. The molecule has 5 nitrogen and oxygen atoms in total. The van der Waals surface area contributed by atoms with E-state index in [-0.39, 0.29) is 11.6 Å². The first-order valence-electron chi connectivity index (χ1n) is 12.0. The minimum atomic E-state index is -0.245. The van der Waals surface area contributed by atoms with Crippen LogP contribution in [0.5, 0.6) is 0 Å². The maximum absolute atomic E-state index is 13.1. The standard InChI is InChI=1S/C26H43N3O2/c1-5-6-8-14-24(21-23-12-9-7-10-13-23)22-29(25(30)27-26(2,3)4)16-11-15-28-17-19-31-20-18-28/h7,9-10,12-13,21H,5-6,8,11,14-20,22H2,1-4H3,(H,27,30)/b24-21+. The molecule has 31 heavy (non-hydrogen) atoms. The van der Waals surface area contributed by atoms with Crippen LogP contribution in [0.1, 0.15) is 65.4 Å². The summed E-state index contributed by atoms with van der Waals surface area (Å²) in [6, 6.07) is 10.5. The van der Waals surface area contributed by atoms with E-state index >= 15 is 0 Å². The van der Waals surface area contributed by atoms with E-state index in [0.717, 1.165) is 58.7 Å². The number of unbranched alkanes of at least 4 members (excludes halogenated alkanes) is 2. The number of benzene rings is 1. The van der Waals surface area contributed by atoms with Crippen LogP contribution in [-0.2, 0) is 4.74 Å². The molecule has 1 aliphatic heterocycles. The SMILES string of the molecule is CCCCC/C(=C\c1ccccc1)CN(CCCN1CCOCC1)C(=O)NC(C)(C)C. The average Bonchev–Trinajstić information content (AvgIpc) is 2.73. The van der Waals surface area contributed by atoms with Crippen LogP contribution in [0.3, 0.4) is 0 Å². The van der Waals surface area contributed by atoms with E-state index in [1.807, 2.05) is 31.7 Å². The third-order valence-corrected chi connectivity index (χ3v) is 5.44. The maximum Gasteiger partial charge on any atom is 0.318 e. The van der Waals surface area contributed by atoms with Gasteiger partial charge in [-0.1, -0.05) is 61.7 Å². The van der Waals surface area contributed by atoms with E-state index in [9.17, 15) is 4.79 Å². The topological polar surface area (TPSA) is 44.8 Å². The summed E-state index contributed by atoms with van der Waals surface area (Å²) in [7, 11) is 0. The number of nitrogens with zero attached hydrogens (tertiary/aromatic N) is 2. The number of carbonyl (C=O) groups excluding carboxylic acids is 1. The minimum Gasteiger partial charge on any atom is -0.379 e. The van der Waals surface area contributed by atoms with Gasteiger partial charge in [-0.25, -0.2) is 4.79 Å². The van der Waals surface area contributed by atoms with Gasteiger partial charge in [-0.05, 0) is 45.6 Å². The fraction of sp³-hybridized carbons (Fsp3) is 0.654. The summed E-state index contributed by atoms with van der Waals surface area (Å²) in [6.07, 6.45) is 7.87. The van der Waals surface area contributed by atoms with Gasteiger partial charge in [0.05, 0.1) is 13.2 Å². The molecule has 2 rings (SSSR count). The number of ether oxygens (including phenoxy) is 1. The van der Waals surface area contributed by atoms with Crippen LogP contribution in [0.25, 0.3) is 6.08 Å². The van der Waals surface area contributed by atoms with Gasteiger partial charge >= 0.3 is 6.03 Å². The Morgan fingerprint density at radius 1 is 1.13 bits per heavy atom. The van der Waals surface area contributed by atoms with E-state index in [1.54, 1.807) is 0 Å². The molecule has 1 saturated heterocycles. The number of hydrogen-bond acceptors (Lipinski definition) is 3. The zero-order chi connectivity index (χ0) is 22.5. The first-order chi connectivity index (χ1) is 14.9. The molecular weight excluding hydrogens is 386 g/mol. The van der Waals surface area contributed by atoms with Crippen LogP contribution < -0.4 is 5.32 Å². The molecule has 0 aliphatic carbocycles. The highest BCUT2D eigenvalue weighted by Crippen LogP contribution is 2.17. The lowest BCUT2D eigenvalue weighted by Gasteiger charge is -2.31. The number of morpholine rings is 1. The molecule has 1 aliphatic rings. The van der Waals surface area contributed by atoms with Gasteiger partial charge in [-0.15, -0.1) is 0 Å². The van der Waals surface area contributed by atoms with Crippen molar-refractivity contribution in [3.63, 3.8) is 0 Å². The summed E-state index contributed by atoms with van der Waals surface area (Å²) in [5.41, 5.74) is 2.29. The van der Waals surface area contributed by atoms with Crippen LogP contribution in [0, 0.1) is 0 Å². The summed E-state index contributed by atoms with van der Waals surface area (Å²) in [4.78, 5) is 17.6. The molecule has 5 heteroatoms. The van der Waals surface area contributed by atoms with Crippen LogP contribution >= 0.6 is 0 Å². The second kappa shape index (κ2) is 13.5. The van der Waals surface area contributed by atoms with Gasteiger partial charge in [-0.3, -0.25) is 4.90 Å². The first-order valence-corrected chi connectivity index (χ1v) is 12.0. The number of hydrogen-bond donors (Lipinski definition) is 1. The fourth-order valence-corrected chi connectivity index (χ4v) is 3.79. The Morgan fingerprint density at radius 3 is 2.48 bits per heavy atom. The van der Waals surface area contributed by atoms with Crippen molar-refractivity contribution in [2.45, 2.75) is 65.3 Å². The first kappa shape index (κ1) is 25.4. The van der Waals surface area contributed by atoms with Gasteiger partial charge in [0.1, 0.15) is 0 Å². The van der Waals surface area contributed by atoms with Crippen molar-refractivity contribution in [3.8, 4) is 0 Å². The maximum atomic E-state index is 13.1. The molecule has 0 saturated carbocycles. The van der Waals surface area contributed by atoms with Gasteiger partial charge in [0, 0.05) is 38.3 Å². The molecule has 0 aromatic heterocycles. The van der Waals surface area contributed by atoms with Crippen molar-refractivity contribution in [1.29, 1.82) is 0 Å². The zero-order valence-electron chi connectivity index (χ0n) is 20.2. The lowest BCUT2D eigenvalue weighted by atomic mass is 10.0. The molecule has 0 radical (unpaired) electrons. The minimum absolute atomic E-state index is 0.0314. The molecule has 1 aromatic rings. The van der Waals surface area contributed by atoms with Crippen molar-refractivity contribution in [2.24, 2.45) is 0 Å². The number of amides is 2. The van der Waals surface area contributed by atoms with Gasteiger partial charge < -0.3 is 15.0 Å². The summed E-state index contributed by atoms with van der Waals surface area (Å²) < 4.78 is 5.45. The Balaban J connectivity index is 2.07. The van der Waals surface area contributed by atoms with E-state index < -0.39 is 0 Å². The van der Waals surface area contributed by atoms with E-state index in [2.05, 4.69) is 47.5 Å². The quantitative estimate of drug-likeness (QED) is 0.493. The summed E-state index contributed by atoms with van der Waals surface area (Å²) in [5.74, 6) is 0. The second-order valence-corrected chi connectivity index (χ2v) is 9.58. The second-order valence-electron chi connectivity index (χ2n) is 9.58. The molecule has 1 aromatic carbocycles. The van der Waals surface area contributed by atoms with Crippen LogP contribution in [0.15, 0.2) is 35.9 Å². The smallest absolute Gasteiger partial charge is 0.318 e. The molecule has 0 bridgehead atoms. The summed E-state index contributed by atoms with van der Waals surface area (Å²) in [5, 5.41) is 3.17. The highest BCUT2D eigenvalue weighted by atomic mass is 16.5. The number of rotatable bonds is 11. The Kier molecular flexibility index (Phi) is 11.1. The molecule has 1 fully saturated rings.